The molecular formula is C20H26N6O2. The molecule has 0 aliphatic carbocycles. The van der Waals surface area contributed by atoms with E-state index in [4.69, 9.17) is 0 Å². The van der Waals surface area contributed by atoms with Gasteiger partial charge < -0.3 is 15.2 Å². The van der Waals surface area contributed by atoms with E-state index < -0.39 is 0 Å². The number of allylic oxidation sites excluding steroid dienone is 1. The maximum absolute atomic E-state index is 11.8. The van der Waals surface area contributed by atoms with Gasteiger partial charge in [0.25, 0.3) is 5.56 Å². The second-order valence-corrected chi connectivity index (χ2v) is 6.65. The number of nitrogens with zero attached hydrogens (tertiary/aromatic N) is 4. The van der Waals surface area contributed by atoms with Gasteiger partial charge in [-0.2, -0.15) is 0 Å². The quantitative estimate of drug-likeness (QED) is 0.654. The fourth-order valence-corrected chi connectivity index (χ4v) is 3.17. The van der Waals surface area contributed by atoms with Crippen LogP contribution in [0.2, 0.25) is 0 Å². The Morgan fingerprint density at radius 2 is 1.79 bits per heavy atom. The van der Waals surface area contributed by atoms with Crippen LogP contribution in [-0.4, -0.2) is 45.3 Å². The molecule has 1 saturated heterocycles. The molecule has 1 fully saturated rings. The number of fused-ring (bicyclic) bond motifs is 1. The molecule has 148 valence electrons. The van der Waals surface area contributed by atoms with Crippen LogP contribution in [0.1, 0.15) is 5.82 Å². The van der Waals surface area contributed by atoms with Crippen molar-refractivity contribution in [3.05, 3.63) is 69.6 Å². The molecule has 3 heterocycles. The number of H-pyrrole nitrogens is 1. The fraction of sp³-hybridized carbons (Fsp3) is 0.350. The number of imidazole rings is 1. The predicted molar refractivity (Wildman–Crippen MR) is 112 cm³/mol. The number of aryl methyl sites for hydroxylation is 1. The van der Waals surface area contributed by atoms with Crippen LogP contribution < -0.4 is 21.5 Å². The fourth-order valence-electron chi connectivity index (χ4n) is 3.17. The molecule has 1 aliphatic rings. The topological polar surface area (TPSA) is 88.0 Å². The lowest BCUT2D eigenvalue weighted by atomic mass is 10.2. The molecule has 0 spiro atoms. The summed E-state index contributed by atoms with van der Waals surface area (Å²) in [7, 11) is 3.03. The lowest BCUT2D eigenvalue weighted by molar-refractivity contribution is 0.589. The van der Waals surface area contributed by atoms with Gasteiger partial charge in [0.05, 0.1) is 0 Å². The second-order valence-electron chi connectivity index (χ2n) is 6.65. The van der Waals surface area contributed by atoms with Crippen molar-refractivity contribution >= 4 is 16.9 Å². The molecule has 1 aliphatic heterocycles. The molecule has 4 rings (SSSR count). The molecule has 2 aromatic heterocycles. The highest BCUT2D eigenvalue weighted by molar-refractivity contribution is 5.69. The molecule has 8 nitrogen and oxygen atoms in total. The summed E-state index contributed by atoms with van der Waals surface area (Å²) in [6, 6.07) is 10.6. The van der Waals surface area contributed by atoms with Gasteiger partial charge in [-0.15, -0.1) is 6.58 Å². The lowest BCUT2D eigenvalue weighted by Crippen LogP contribution is -2.43. The monoisotopic (exact) mass is 382 g/mol. The van der Waals surface area contributed by atoms with Gasteiger partial charge in [-0.05, 0) is 12.1 Å². The largest absolute Gasteiger partial charge is 0.369 e. The first-order valence-electron chi connectivity index (χ1n) is 9.29. The summed E-state index contributed by atoms with van der Waals surface area (Å²) >= 11 is 0. The van der Waals surface area contributed by atoms with Gasteiger partial charge in [-0.3, -0.25) is 13.9 Å². The summed E-state index contributed by atoms with van der Waals surface area (Å²) in [5.74, 6) is 0.628. The second kappa shape index (κ2) is 8.71. The molecular weight excluding hydrogens is 356 g/mol. The third kappa shape index (κ3) is 4.07. The zero-order valence-electron chi connectivity index (χ0n) is 16.3. The normalized spacial score (nSPS) is 13.9. The van der Waals surface area contributed by atoms with Gasteiger partial charge in [-0.25, -0.2) is 9.78 Å². The Kier molecular flexibility index (Phi) is 6.10. The van der Waals surface area contributed by atoms with Gasteiger partial charge >= 0.3 is 5.69 Å². The Morgan fingerprint density at radius 3 is 2.43 bits per heavy atom. The first-order valence-corrected chi connectivity index (χ1v) is 9.29. The Balaban J connectivity index is 0.000000167. The van der Waals surface area contributed by atoms with Crippen molar-refractivity contribution in [3.63, 3.8) is 0 Å². The zero-order valence-corrected chi connectivity index (χ0v) is 16.3. The summed E-state index contributed by atoms with van der Waals surface area (Å²) in [5, 5.41) is 3.34. The number of nitrogens with one attached hydrogen (secondary N) is 2. The lowest BCUT2D eigenvalue weighted by Gasteiger charge is -2.29. The van der Waals surface area contributed by atoms with Crippen LogP contribution in [0.3, 0.4) is 0 Å². The average Bonchev–Trinajstić information content (AvgIpc) is 3.17. The number of aromatic nitrogens is 4. The third-order valence-electron chi connectivity index (χ3n) is 4.72. The number of benzene rings is 1. The molecule has 28 heavy (non-hydrogen) atoms. The minimum atomic E-state index is -0.380. The van der Waals surface area contributed by atoms with Crippen LogP contribution in [0.4, 0.5) is 5.69 Å². The van der Waals surface area contributed by atoms with E-state index >= 15 is 0 Å². The van der Waals surface area contributed by atoms with Crippen molar-refractivity contribution in [1.82, 2.24) is 24.4 Å². The van der Waals surface area contributed by atoms with Crippen molar-refractivity contribution < 1.29 is 0 Å². The standard InChI is InChI=1S/C10H12N4O2.C10H14N2/c1-4-5-6-11-7-8(12-6)13(2)10(16)14(3)9(7)15;1-2-4-10(5-3-1)12-8-6-11-7-9-12/h4H,1,5H2,2-3H3,(H,11,12);1-5,11H,6-9H2. The van der Waals surface area contributed by atoms with Crippen molar-refractivity contribution in [2.45, 2.75) is 6.42 Å². The van der Waals surface area contributed by atoms with E-state index in [0.29, 0.717) is 23.4 Å². The average molecular weight is 382 g/mol. The Bertz CT molecular complexity index is 1060. The predicted octanol–water partition coefficient (Wildman–Crippen LogP) is 0.785. The molecule has 0 atom stereocenters. The maximum atomic E-state index is 11.8. The van der Waals surface area contributed by atoms with Gasteiger partial charge in [0.1, 0.15) is 11.3 Å². The summed E-state index contributed by atoms with van der Waals surface area (Å²) in [4.78, 5) is 32.9. The Hall–Kier alpha value is -3.13. The van der Waals surface area contributed by atoms with E-state index in [-0.39, 0.29) is 11.2 Å². The molecule has 0 bridgehead atoms. The van der Waals surface area contributed by atoms with Crippen LogP contribution in [0.15, 0.2) is 52.6 Å². The van der Waals surface area contributed by atoms with Crippen LogP contribution in [0, 0.1) is 0 Å². The van der Waals surface area contributed by atoms with Gasteiger partial charge in [0.2, 0.25) is 0 Å². The van der Waals surface area contributed by atoms with E-state index in [2.05, 4.69) is 57.1 Å². The molecule has 0 radical (unpaired) electrons. The number of hydrogen-bond acceptors (Lipinski definition) is 5. The van der Waals surface area contributed by atoms with Crippen LogP contribution in [0.5, 0.6) is 0 Å². The van der Waals surface area contributed by atoms with Crippen molar-refractivity contribution in [1.29, 1.82) is 0 Å². The number of anilines is 1. The molecule has 1 aromatic carbocycles. The number of piperazine rings is 1. The van der Waals surface area contributed by atoms with Gasteiger partial charge in [0, 0.05) is 52.4 Å². The van der Waals surface area contributed by atoms with Crippen molar-refractivity contribution in [2.24, 2.45) is 14.1 Å². The van der Waals surface area contributed by atoms with Crippen LogP contribution >= 0.6 is 0 Å². The minimum Gasteiger partial charge on any atom is -0.369 e. The van der Waals surface area contributed by atoms with Crippen LogP contribution in [0.25, 0.3) is 11.2 Å². The zero-order chi connectivity index (χ0) is 20.1. The summed E-state index contributed by atoms with van der Waals surface area (Å²) in [6.07, 6.45) is 2.21. The van der Waals surface area contributed by atoms with Crippen molar-refractivity contribution in [3.8, 4) is 0 Å². The number of rotatable bonds is 3. The Labute approximate surface area is 163 Å². The van der Waals surface area contributed by atoms with E-state index in [1.54, 1.807) is 13.1 Å². The molecule has 2 N–H and O–H groups in total. The van der Waals surface area contributed by atoms with Crippen molar-refractivity contribution in [2.75, 3.05) is 31.1 Å². The minimum absolute atomic E-state index is 0.349. The molecule has 3 aromatic rings. The number of hydrogen-bond donors (Lipinski definition) is 2. The third-order valence-corrected chi connectivity index (χ3v) is 4.72. The first-order chi connectivity index (χ1) is 13.5. The highest BCUT2D eigenvalue weighted by Gasteiger charge is 2.12. The smallest absolute Gasteiger partial charge is 0.332 e. The molecule has 0 amide bonds. The number of aromatic amines is 1. The van der Waals surface area contributed by atoms with E-state index in [1.165, 1.54) is 17.3 Å². The summed E-state index contributed by atoms with van der Waals surface area (Å²) < 4.78 is 2.40. The maximum Gasteiger partial charge on any atom is 0.332 e. The van der Waals surface area contributed by atoms with Crippen LogP contribution in [-0.2, 0) is 20.5 Å². The van der Waals surface area contributed by atoms with Gasteiger partial charge in [-0.1, -0.05) is 24.3 Å². The number of para-hydroxylation sites is 1. The molecule has 8 heteroatoms. The highest BCUT2D eigenvalue weighted by Crippen LogP contribution is 2.12. The summed E-state index contributed by atoms with van der Waals surface area (Å²) in [5.41, 5.74) is 1.33. The first kappa shape index (κ1) is 19.6. The van der Waals surface area contributed by atoms with E-state index in [1.807, 2.05) is 0 Å². The van der Waals surface area contributed by atoms with E-state index in [0.717, 1.165) is 30.7 Å². The SMILES string of the molecule is C=CCc1nc2c([nH]1)c(=O)n(C)c(=O)n2C.c1ccc(N2CCNCC2)cc1. The Morgan fingerprint density at radius 1 is 1.11 bits per heavy atom. The summed E-state index contributed by atoms with van der Waals surface area (Å²) in [6.45, 7) is 8.06. The highest BCUT2D eigenvalue weighted by atomic mass is 16.2. The van der Waals surface area contributed by atoms with Gasteiger partial charge in [0.15, 0.2) is 5.65 Å². The van der Waals surface area contributed by atoms with E-state index in [9.17, 15) is 9.59 Å². The molecule has 0 saturated carbocycles. The molecule has 0 unspecified atom stereocenters.